The second kappa shape index (κ2) is 7.99. The Balaban J connectivity index is 1.61. The summed E-state index contributed by atoms with van der Waals surface area (Å²) in [5.41, 5.74) is -2.08. The highest BCUT2D eigenvalue weighted by atomic mass is 19.4. The lowest BCUT2D eigenvalue weighted by molar-refractivity contribution is -0.141. The van der Waals surface area contributed by atoms with Crippen molar-refractivity contribution in [2.24, 2.45) is 10.9 Å². The molecule has 2 aliphatic rings. The molecule has 3 rings (SSSR count). The minimum Gasteiger partial charge on any atom is -0.341 e. The van der Waals surface area contributed by atoms with Crippen molar-refractivity contribution in [2.45, 2.75) is 25.2 Å². The van der Waals surface area contributed by atoms with Crippen molar-refractivity contribution in [1.29, 1.82) is 0 Å². The average Bonchev–Trinajstić information content (AvgIpc) is 2.93. The molecule has 1 amide bonds. The van der Waals surface area contributed by atoms with E-state index >= 15 is 0 Å². The van der Waals surface area contributed by atoms with E-state index in [1.54, 1.807) is 4.90 Å². The minimum absolute atomic E-state index is 0.0336. The number of nitrogens with zero attached hydrogens (tertiary/aromatic N) is 5. The van der Waals surface area contributed by atoms with Crippen molar-refractivity contribution in [1.82, 2.24) is 14.9 Å². The molecule has 0 unspecified atom stereocenters. The van der Waals surface area contributed by atoms with Gasteiger partial charge in [0, 0.05) is 37.9 Å². The lowest BCUT2D eigenvalue weighted by Gasteiger charge is -2.33. The Hall–Kier alpha value is -2.66. The number of aliphatic imine (C=N–C) groups is 1. The zero-order valence-electron chi connectivity index (χ0n) is 15.0. The molecule has 0 bridgehead atoms. The third-order valence-corrected chi connectivity index (χ3v) is 4.67. The number of halogens is 6. The zero-order chi connectivity index (χ0) is 21.2. The van der Waals surface area contributed by atoms with Crippen LogP contribution in [0.2, 0.25) is 0 Å². The van der Waals surface area contributed by atoms with Gasteiger partial charge < -0.3 is 9.80 Å². The maximum atomic E-state index is 12.8. The van der Waals surface area contributed by atoms with Crippen molar-refractivity contribution in [3.63, 3.8) is 0 Å². The number of carbonyl (C=O) groups is 1. The highest BCUT2D eigenvalue weighted by Crippen LogP contribution is 2.29. The summed E-state index contributed by atoms with van der Waals surface area (Å²) in [6, 6.07) is 0.780. The summed E-state index contributed by atoms with van der Waals surface area (Å²) < 4.78 is 76.6. The number of amides is 1. The van der Waals surface area contributed by atoms with Crippen molar-refractivity contribution in [3.05, 3.63) is 30.2 Å². The maximum absolute atomic E-state index is 12.8. The van der Waals surface area contributed by atoms with E-state index in [1.165, 1.54) is 4.90 Å². The van der Waals surface area contributed by atoms with Crippen LogP contribution in [-0.2, 0) is 11.0 Å². The van der Waals surface area contributed by atoms with Crippen molar-refractivity contribution >= 4 is 17.6 Å². The van der Waals surface area contributed by atoms with Crippen LogP contribution in [0.25, 0.3) is 0 Å². The molecule has 0 saturated carbocycles. The third kappa shape index (κ3) is 5.04. The van der Waals surface area contributed by atoms with Gasteiger partial charge >= 0.3 is 12.4 Å². The van der Waals surface area contributed by atoms with Crippen LogP contribution in [0, 0.1) is 5.92 Å². The molecule has 29 heavy (non-hydrogen) atoms. The number of aromatic nitrogens is 2. The SMILES string of the molecule is O=C(C1CCN(c2nccc(C(F)(F)F)n2)CC1)N1C=CC(C(F)(F)F)=NCC1. The van der Waals surface area contributed by atoms with Gasteiger partial charge in [-0.2, -0.15) is 26.3 Å². The van der Waals surface area contributed by atoms with Gasteiger partial charge in [-0.05, 0) is 25.0 Å². The van der Waals surface area contributed by atoms with Crippen LogP contribution >= 0.6 is 0 Å². The molecule has 0 radical (unpaired) electrons. The standard InChI is InChI=1S/C17H17F6N5O/c18-16(19,20)12-4-9-27(10-6-24-12)14(29)11-2-7-28(8-3-11)15-25-5-1-13(26-15)17(21,22)23/h1,4-5,9,11H,2-3,6-8,10H2. The van der Waals surface area contributed by atoms with Crippen LogP contribution in [-0.4, -0.2) is 58.8 Å². The lowest BCUT2D eigenvalue weighted by Crippen LogP contribution is -2.42. The van der Waals surface area contributed by atoms with Gasteiger partial charge in [-0.3, -0.25) is 9.79 Å². The van der Waals surface area contributed by atoms with Gasteiger partial charge in [-0.15, -0.1) is 0 Å². The summed E-state index contributed by atoms with van der Waals surface area (Å²) in [6.45, 7) is 0.398. The molecule has 12 heteroatoms. The normalized spacial score (nSPS) is 19.2. The van der Waals surface area contributed by atoms with E-state index < -0.39 is 29.7 Å². The van der Waals surface area contributed by atoms with E-state index in [-0.39, 0.29) is 38.0 Å². The van der Waals surface area contributed by atoms with Crippen LogP contribution in [0.15, 0.2) is 29.5 Å². The van der Waals surface area contributed by atoms with Crippen LogP contribution in [0.1, 0.15) is 18.5 Å². The highest BCUT2D eigenvalue weighted by molar-refractivity contribution is 6.00. The molecule has 0 aromatic carbocycles. The summed E-state index contributed by atoms with van der Waals surface area (Å²) in [7, 11) is 0. The second-order valence-corrected chi connectivity index (χ2v) is 6.61. The Bertz CT molecular complexity index is 811. The largest absolute Gasteiger partial charge is 0.433 e. The van der Waals surface area contributed by atoms with Crippen LogP contribution in [0.5, 0.6) is 0 Å². The van der Waals surface area contributed by atoms with Crippen molar-refractivity contribution < 1.29 is 31.1 Å². The minimum atomic E-state index is -4.58. The van der Waals surface area contributed by atoms with Gasteiger partial charge in [0.15, 0.2) is 0 Å². The molecule has 0 aliphatic carbocycles. The van der Waals surface area contributed by atoms with Gasteiger partial charge in [-0.25, -0.2) is 9.97 Å². The number of hydrogen-bond donors (Lipinski definition) is 0. The van der Waals surface area contributed by atoms with Crippen LogP contribution in [0.3, 0.4) is 0 Å². The van der Waals surface area contributed by atoms with Crippen LogP contribution in [0.4, 0.5) is 32.3 Å². The number of allylic oxidation sites excluding steroid dienone is 1. The van der Waals surface area contributed by atoms with Crippen molar-refractivity contribution in [3.8, 4) is 0 Å². The first-order chi connectivity index (χ1) is 13.6. The van der Waals surface area contributed by atoms with E-state index in [0.717, 1.165) is 24.5 Å². The average molecular weight is 421 g/mol. The zero-order valence-corrected chi connectivity index (χ0v) is 15.0. The number of alkyl halides is 6. The highest BCUT2D eigenvalue weighted by Gasteiger charge is 2.36. The predicted molar refractivity (Wildman–Crippen MR) is 91.2 cm³/mol. The fourth-order valence-electron chi connectivity index (χ4n) is 3.15. The summed E-state index contributed by atoms with van der Waals surface area (Å²) in [5.74, 6) is -0.845. The number of piperidine rings is 1. The fraction of sp³-hybridized carbons (Fsp3) is 0.529. The summed E-state index contributed by atoms with van der Waals surface area (Å²) in [5, 5.41) is 0. The molecular formula is C17H17F6N5O. The molecule has 1 aromatic heterocycles. The smallest absolute Gasteiger partial charge is 0.341 e. The molecule has 1 fully saturated rings. The van der Waals surface area contributed by atoms with Crippen LogP contribution < -0.4 is 4.90 Å². The number of hydrogen-bond acceptors (Lipinski definition) is 5. The van der Waals surface area contributed by atoms with Gasteiger partial charge in [0.2, 0.25) is 11.9 Å². The second-order valence-electron chi connectivity index (χ2n) is 6.61. The number of anilines is 1. The van der Waals surface area contributed by atoms with E-state index in [4.69, 9.17) is 0 Å². The van der Waals surface area contributed by atoms with E-state index in [9.17, 15) is 31.1 Å². The Kier molecular flexibility index (Phi) is 5.80. The maximum Gasteiger partial charge on any atom is 0.433 e. The first-order valence-corrected chi connectivity index (χ1v) is 8.81. The summed E-state index contributed by atoms with van der Waals surface area (Å²) >= 11 is 0. The molecule has 1 saturated heterocycles. The monoisotopic (exact) mass is 421 g/mol. The molecule has 2 aliphatic heterocycles. The Morgan fingerprint density at radius 3 is 2.34 bits per heavy atom. The Morgan fingerprint density at radius 1 is 1.03 bits per heavy atom. The first kappa shape index (κ1) is 21.1. The molecule has 158 valence electrons. The molecular weight excluding hydrogens is 404 g/mol. The van der Waals surface area contributed by atoms with E-state index in [0.29, 0.717) is 12.8 Å². The number of carbonyl (C=O) groups excluding carboxylic acids is 1. The Labute approximate surface area is 161 Å². The molecule has 6 nitrogen and oxygen atoms in total. The first-order valence-electron chi connectivity index (χ1n) is 8.81. The van der Waals surface area contributed by atoms with Gasteiger partial charge in [-0.1, -0.05) is 0 Å². The third-order valence-electron chi connectivity index (χ3n) is 4.67. The number of rotatable bonds is 2. The fourth-order valence-corrected chi connectivity index (χ4v) is 3.15. The molecule has 0 spiro atoms. The van der Waals surface area contributed by atoms with Gasteiger partial charge in [0.25, 0.3) is 0 Å². The van der Waals surface area contributed by atoms with E-state index in [1.807, 2.05) is 0 Å². The molecule has 0 N–H and O–H groups in total. The van der Waals surface area contributed by atoms with E-state index in [2.05, 4.69) is 15.0 Å². The summed E-state index contributed by atoms with van der Waals surface area (Å²) in [6.07, 6.45) is -5.61. The molecule has 1 aromatic rings. The van der Waals surface area contributed by atoms with Crippen molar-refractivity contribution in [2.75, 3.05) is 31.1 Å². The quantitative estimate of drug-likeness (QED) is 0.689. The Morgan fingerprint density at radius 2 is 1.72 bits per heavy atom. The molecule has 0 atom stereocenters. The predicted octanol–water partition coefficient (Wildman–Crippen LogP) is 3.07. The topological polar surface area (TPSA) is 61.7 Å². The van der Waals surface area contributed by atoms with Gasteiger partial charge in [0.05, 0.1) is 6.54 Å². The summed E-state index contributed by atoms with van der Waals surface area (Å²) in [4.78, 5) is 26.3. The lowest BCUT2D eigenvalue weighted by atomic mass is 9.95. The molecule has 3 heterocycles. The van der Waals surface area contributed by atoms with Gasteiger partial charge in [0.1, 0.15) is 11.4 Å².